The third-order valence-corrected chi connectivity index (χ3v) is 6.30. The van der Waals surface area contributed by atoms with Crippen molar-refractivity contribution in [2.45, 2.75) is 12.1 Å². The van der Waals surface area contributed by atoms with Crippen LogP contribution in [0.25, 0.3) is 0 Å². The van der Waals surface area contributed by atoms with Gasteiger partial charge in [0.2, 0.25) is 0 Å². The van der Waals surface area contributed by atoms with Gasteiger partial charge in [-0.05, 0) is 47.5 Å². The summed E-state index contributed by atoms with van der Waals surface area (Å²) in [4.78, 5) is 4.32. The van der Waals surface area contributed by atoms with Crippen molar-refractivity contribution in [2.75, 3.05) is 44.3 Å². The Kier molecular flexibility index (Phi) is 8.00. The number of aliphatic hydroxyl groups is 2. The maximum Gasteiger partial charge on any atom is 0.123 e. The van der Waals surface area contributed by atoms with E-state index in [1.165, 1.54) is 24.3 Å². The van der Waals surface area contributed by atoms with Crippen LogP contribution in [0.4, 0.5) is 14.5 Å². The van der Waals surface area contributed by atoms with Crippen LogP contribution in [0.1, 0.15) is 23.3 Å². The molecule has 1 aliphatic heterocycles. The van der Waals surface area contributed by atoms with Crippen LogP contribution in [0.3, 0.4) is 0 Å². The molecular formula is C26H27ClF2N2O3. The second kappa shape index (κ2) is 11.1. The van der Waals surface area contributed by atoms with E-state index in [0.29, 0.717) is 42.5 Å². The Bertz CT molecular complexity index is 1080. The molecule has 0 radical (unpaired) electrons. The second-order valence-electron chi connectivity index (χ2n) is 8.27. The topological polar surface area (TPSA) is 56.2 Å². The smallest absolute Gasteiger partial charge is 0.123 e. The lowest BCUT2D eigenvalue weighted by Gasteiger charge is -2.44. The van der Waals surface area contributed by atoms with E-state index in [9.17, 15) is 13.9 Å². The van der Waals surface area contributed by atoms with Crippen LogP contribution in [0.2, 0.25) is 5.02 Å². The van der Waals surface area contributed by atoms with Gasteiger partial charge in [-0.15, -0.1) is 0 Å². The van der Waals surface area contributed by atoms with E-state index >= 15 is 0 Å². The monoisotopic (exact) mass is 488 g/mol. The SMILES string of the molecule is OCCOc1ccc(N2CCN(C[C@@H](O)c3ccc(F)cc3)C[C@H]2c2ccc(F)cc2)c(Cl)c1. The zero-order chi connectivity index (χ0) is 24.1. The Labute approximate surface area is 202 Å². The van der Waals surface area contributed by atoms with Gasteiger partial charge < -0.3 is 19.8 Å². The molecule has 5 nitrogen and oxygen atoms in total. The highest BCUT2D eigenvalue weighted by Crippen LogP contribution is 2.37. The Morgan fingerprint density at radius 3 is 2.29 bits per heavy atom. The Balaban J connectivity index is 1.55. The average molecular weight is 489 g/mol. The highest BCUT2D eigenvalue weighted by molar-refractivity contribution is 6.33. The molecule has 180 valence electrons. The molecule has 3 aromatic rings. The van der Waals surface area contributed by atoms with E-state index in [0.717, 1.165) is 11.3 Å². The Morgan fingerprint density at radius 1 is 0.971 bits per heavy atom. The standard InChI is InChI=1S/C26H27ClF2N2O3/c27-23-15-22(34-14-13-32)9-10-24(23)31-12-11-30(16-25(31)18-1-5-20(28)6-2-18)17-26(33)19-3-7-21(29)8-4-19/h1-10,15,25-26,32-33H,11-14,16-17H2/t25-,26+/m0/s1. The maximum absolute atomic E-state index is 13.6. The minimum absolute atomic E-state index is 0.0856. The molecule has 2 N–H and O–H groups in total. The number of β-amino-alcohol motifs (C(OH)–C–C–N with tert-alkyl or cyclic N) is 1. The van der Waals surface area contributed by atoms with Gasteiger partial charge in [-0.2, -0.15) is 0 Å². The number of ether oxygens (including phenoxy) is 1. The molecule has 1 fully saturated rings. The normalized spacial score (nSPS) is 17.6. The van der Waals surface area contributed by atoms with Crippen LogP contribution in [0.5, 0.6) is 5.75 Å². The minimum Gasteiger partial charge on any atom is -0.491 e. The summed E-state index contributed by atoms with van der Waals surface area (Å²) < 4.78 is 32.3. The van der Waals surface area contributed by atoms with Crippen LogP contribution in [0, 0.1) is 11.6 Å². The van der Waals surface area contributed by atoms with E-state index in [4.69, 9.17) is 21.4 Å². The second-order valence-corrected chi connectivity index (χ2v) is 8.68. The molecule has 1 saturated heterocycles. The lowest BCUT2D eigenvalue weighted by Crippen LogP contribution is -2.49. The van der Waals surface area contributed by atoms with Gasteiger partial charge in [0, 0.05) is 32.2 Å². The molecule has 34 heavy (non-hydrogen) atoms. The van der Waals surface area contributed by atoms with Gasteiger partial charge in [0.1, 0.15) is 24.0 Å². The van der Waals surface area contributed by atoms with E-state index in [-0.39, 0.29) is 30.9 Å². The first kappa shape index (κ1) is 24.4. The van der Waals surface area contributed by atoms with Gasteiger partial charge in [-0.25, -0.2) is 8.78 Å². The first-order valence-electron chi connectivity index (χ1n) is 11.2. The first-order chi connectivity index (χ1) is 16.4. The number of anilines is 1. The summed E-state index contributed by atoms with van der Waals surface area (Å²) in [5.74, 6) is -0.0779. The van der Waals surface area contributed by atoms with Crippen LogP contribution in [-0.2, 0) is 0 Å². The van der Waals surface area contributed by atoms with Gasteiger partial charge in [0.05, 0.1) is 29.5 Å². The first-order valence-corrected chi connectivity index (χ1v) is 11.5. The average Bonchev–Trinajstić information content (AvgIpc) is 2.84. The summed E-state index contributed by atoms with van der Waals surface area (Å²) in [5, 5.41) is 20.2. The number of benzene rings is 3. The number of hydrogen-bond donors (Lipinski definition) is 2. The molecule has 0 bridgehead atoms. The molecular weight excluding hydrogens is 462 g/mol. The molecule has 1 aliphatic rings. The summed E-state index contributed by atoms with van der Waals surface area (Å²) in [7, 11) is 0. The van der Waals surface area contributed by atoms with Gasteiger partial charge in [-0.3, -0.25) is 4.90 Å². The summed E-state index contributed by atoms with van der Waals surface area (Å²) in [6, 6.07) is 17.6. The third-order valence-electron chi connectivity index (χ3n) is 5.99. The van der Waals surface area contributed by atoms with Crippen molar-refractivity contribution in [3.05, 3.63) is 94.5 Å². The fourth-order valence-electron chi connectivity index (χ4n) is 4.27. The van der Waals surface area contributed by atoms with Crippen molar-refractivity contribution in [1.29, 1.82) is 0 Å². The Hall–Kier alpha value is -2.71. The van der Waals surface area contributed by atoms with Crippen LogP contribution in [-0.4, -0.2) is 54.5 Å². The molecule has 1 heterocycles. The summed E-state index contributed by atoms with van der Waals surface area (Å²) in [6.45, 7) is 2.38. The zero-order valence-electron chi connectivity index (χ0n) is 18.6. The predicted molar refractivity (Wildman–Crippen MR) is 128 cm³/mol. The minimum atomic E-state index is -0.757. The van der Waals surface area contributed by atoms with Crippen LogP contribution < -0.4 is 9.64 Å². The van der Waals surface area contributed by atoms with Crippen molar-refractivity contribution in [1.82, 2.24) is 4.90 Å². The molecule has 0 amide bonds. The fraction of sp³-hybridized carbons (Fsp3) is 0.308. The number of nitrogens with zero attached hydrogens (tertiary/aromatic N) is 2. The van der Waals surface area contributed by atoms with Gasteiger partial charge in [0.25, 0.3) is 0 Å². The molecule has 2 atom stereocenters. The van der Waals surface area contributed by atoms with Gasteiger partial charge in [-0.1, -0.05) is 35.9 Å². The molecule has 3 aromatic carbocycles. The van der Waals surface area contributed by atoms with Gasteiger partial charge in [0.15, 0.2) is 0 Å². The quantitative estimate of drug-likeness (QED) is 0.486. The highest BCUT2D eigenvalue weighted by Gasteiger charge is 2.31. The van der Waals surface area contributed by atoms with E-state index < -0.39 is 6.10 Å². The lowest BCUT2D eigenvalue weighted by atomic mass is 10.00. The summed E-state index contributed by atoms with van der Waals surface area (Å²) in [6.07, 6.45) is -0.757. The number of hydrogen-bond acceptors (Lipinski definition) is 5. The fourth-order valence-corrected chi connectivity index (χ4v) is 4.55. The predicted octanol–water partition coefficient (Wildman–Crippen LogP) is 4.59. The lowest BCUT2D eigenvalue weighted by molar-refractivity contribution is 0.100. The van der Waals surface area contributed by atoms with Crippen molar-refractivity contribution in [2.24, 2.45) is 0 Å². The molecule has 0 saturated carbocycles. The van der Waals surface area contributed by atoms with E-state index in [1.807, 2.05) is 12.1 Å². The molecule has 8 heteroatoms. The Morgan fingerprint density at radius 2 is 1.65 bits per heavy atom. The van der Waals surface area contributed by atoms with E-state index in [2.05, 4.69) is 9.80 Å². The summed E-state index contributed by atoms with van der Waals surface area (Å²) in [5.41, 5.74) is 2.41. The van der Waals surface area contributed by atoms with E-state index in [1.54, 1.807) is 30.3 Å². The molecule has 0 spiro atoms. The molecule has 0 aliphatic carbocycles. The molecule has 0 aromatic heterocycles. The largest absolute Gasteiger partial charge is 0.491 e. The number of halogens is 3. The zero-order valence-corrected chi connectivity index (χ0v) is 19.3. The number of rotatable bonds is 8. The third kappa shape index (κ3) is 5.85. The van der Waals surface area contributed by atoms with Gasteiger partial charge >= 0.3 is 0 Å². The molecule has 0 unspecified atom stereocenters. The highest BCUT2D eigenvalue weighted by atomic mass is 35.5. The van der Waals surface area contributed by atoms with Crippen LogP contribution >= 0.6 is 11.6 Å². The van der Waals surface area contributed by atoms with Crippen molar-refractivity contribution in [3.63, 3.8) is 0 Å². The maximum atomic E-state index is 13.6. The van der Waals surface area contributed by atoms with Crippen LogP contribution in [0.15, 0.2) is 66.7 Å². The number of piperazine rings is 1. The number of aliphatic hydroxyl groups excluding tert-OH is 2. The van der Waals surface area contributed by atoms with Crippen molar-refractivity contribution >= 4 is 17.3 Å². The van der Waals surface area contributed by atoms with Crippen molar-refractivity contribution < 1.29 is 23.7 Å². The summed E-state index contributed by atoms with van der Waals surface area (Å²) >= 11 is 6.60. The molecule has 4 rings (SSSR count). The van der Waals surface area contributed by atoms with Crippen molar-refractivity contribution in [3.8, 4) is 5.75 Å².